The predicted molar refractivity (Wildman–Crippen MR) is 61.5 cm³/mol. The van der Waals surface area contributed by atoms with Crippen molar-refractivity contribution >= 4 is 17.7 Å². The van der Waals surface area contributed by atoms with Gasteiger partial charge in [-0.15, -0.1) is 0 Å². The Morgan fingerprint density at radius 1 is 1.53 bits per heavy atom. The molecule has 0 saturated carbocycles. The minimum Gasteiger partial charge on any atom is -0.506 e. The first-order chi connectivity index (χ1) is 7.98. The number of carbonyl (C=O) groups is 1. The Labute approximate surface area is 97.6 Å². The molecule has 5 heteroatoms. The van der Waals surface area contributed by atoms with Crippen LogP contribution in [0.2, 0.25) is 0 Å². The molecule has 1 aliphatic rings. The monoisotopic (exact) mass is 230 g/mol. The summed E-state index contributed by atoms with van der Waals surface area (Å²) < 4.78 is 0. The van der Waals surface area contributed by atoms with Gasteiger partial charge in [0.2, 0.25) is 0 Å². The summed E-state index contributed by atoms with van der Waals surface area (Å²) in [7, 11) is 0. The van der Waals surface area contributed by atoms with Gasteiger partial charge < -0.3 is 15.5 Å². The van der Waals surface area contributed by atoms with Crippen molar-refractivity contribution in [1.82, 2.24) is 0 Å². The van der Waals surface area contributed by atoms with Crippen LogP contribution in [0.4, 0.5) is 5.69 Å². The van der Waals surface area contributed by atoms with Gasteiger partial charge in [0.05, 0.1) is 17.3 Å². The van der Waals surface area contributed by atoms with Crippen molar-refractivity contribution in [3.63, 3.8) is 0 Å². The van der Waals surface area contributed by atoms with Crippen LogP contribution in [0.25, 0.3) is 6.08 Å². The minimum absolute atomic E-state index is 0.0733. The molecule has 1 aromatic rings. The lowest BCUT2D eigenvalue weighted by atomic mass is 9.92. The summed E-state index contributed by atoms with van der Waals surface area (Å²) in [5, 5.41) is 30.4. The minimum atomic E-state index is -1.28. The highest BCUT2D eigenvalue weighted by Crippen LogP contribution is 2.37. The van der Waals surface area contributed by atoms with Crippen LogP contribution in [0.1, 0.15) is 18.1 Å². The highest BCUT2D eigenvalue weighted by Gasteiger charge is 2.34. The molecule has 86 valence electrons. The normalized spacial score (nSPS) is 21.2. The van der Waals surface area contributed by atoms with Crippen LogP contribution in [-0.4, -0.2) is 21.7 Å². The van der Waals surface area contributed by atoms with Crippen molar-refractivity contribution < 1.29 is 15.0 Å². The number of rotatable bonds is 1. The summed E-state index contributed by atoms with van der Waals surface area (Å²) in [5.41, 5.74) is -0.116. The van der Waals surface area contributed by atoms with Crippen LogP contribution >= 0.6 is 0 Å². The van der Waals surface area contributed by atoms with Gasteiger partial charge in [0.1, 0.15) is 5.75 Å². The second kappa shape index (κ2) is 3.52. The van der Waals surface area contributed by atoms with Crippen molar-refractivity contribution in [2.45, 2.75) is 12.5 Å². The molecule has 1 aliphatic heterocycles. The SMILES string of the molecule is CC1(C(=O)O)C=Cc2c(C#N)ccc(O)c2N1. The summed E-state index contributed by atoms with van der Waals surface area (Å²) >= 11 is 0. The number of nitrogens with zero attached hydrogens (tertiary/aromatic N) is 1. The number of nitrogens with one attached hydrogen (secondary N) is 1. The molecule has 1 aromatic carbocycles. The van der Waals surface area contributed by atoms with E-state index >= 15 is 0 Å². The van der Waals surface area contributed by atoms with Crippen molar-refractivity contribution in [3.8, 4) is 11.8 Å². The topological polar surface area (TPSA) is 93.3 Å². The number of nitriles is 1. The average Bonchev–Trinajstić information content (AvgIpc) is 2.30. The summed E-state index contributed by atoms with van der Waals surface area (Å²) in [5.74, 6) is -1.13. The first kappa shape index (κ1) is 11.0. The molecule has 0 saturated heterocycles. The van der Waals surface area contributed by atoms with Crippen LogP contribution < -0.4 is 5.32 Å². The first-order valence-electron chi connectivity index (χ1n) is 4.95. The van der Waals surface area contributed by atoms with Crippen LogP contribution in [-0.2, 0) is 4.79 Å². The Morgan fingerprint density at radius 3 is 2.82 bits per heavy atom. The van der Waals surface area contributed by atoms with E-state index in [-0.39, 0.29) is 11.4 Å². The highest BCUT2D eigenvalue weighted by molar-refractivity contribution is 5.92. The number of phenolic OH excluding ortho intramolecular Hbond substituents is 1. The molecular formula is C12H10N2O3. The van der Waals surface area contributed by atoms with E-state index in [1.54, 1.807) is 0 Å². The van der Waals surface area contributed by atoms with Gasteiger partial charge in [-0.25, -0.2) is 4.79 Å². The van der Waals surface area contributed by atoms with Crippen LogP contribution in [0.5, 0.6) is 5.75 Å². The maximum atomic E-state index is 11.1. The average molecular weight is 230 g/mol. The highest BCUT2D eigenvalue weighted by atomic mass is 16.4. The van der Waals surface area contributed by atoms with Crippen molar-refractivity contribution in [1.29, 1.82) is 5.26 Å². The van der Waals surface area contributed by atoms with E-state index in [1.807, 2.05) is 6.07 Å². The number of hydrogen-bond acceptors (Lipinski definition) is 4. The molecule has 0 aliphatic carbocycles. The molecular weight excluding hydrogens is 220 g/mol. The lowest BCUT2D eigenvalue weighted by Crippen LogP contribution is -2.42. The molecule has 0 aromatic heterocycles. The summed E-state index contributed by atoms with van der Waals surface area (Å²) in [6.45, 7) is 1.48. The number of carboxylic acids is 1. The van der Waals surface area contributed by atoms with E-state index < -0.39 is 11.5 Å². The Balaban J connectivity index is 2.61. The fourth-order valence-corrected chi connectivity index (χ4v) is 1.69. The third kappa shape index (κ3) is 1.60. The molecule has 0 radical (unpaired) electrons. The van der Waals surface area contributed by atoms with Gasteiger partial charge in [-0.1, -0.05) is 6.08 Å². The van der Waals surface area contributed by atoms with Crippen LogP contribution in [0.3, 0.4) is 0 Å². The van der Waals surface area contributed by atoms with Crippen molar-refractivity contribution in [2.75, 3.05) is 5.32 Å². The third-order valence-electron chi connectivity index (χ3n) is 2.76. The zero-order chi connectivity index (χ0) is 12.6. The summed E-state index contributed by atoms with van der Waals surface area (Å²) in [6.07, 6.45) is 3.00. The third-order valence-corrected chi connectivity index (χ3v) is 2.76. The molecule has 0 spiro atoms. The number of aromatic hydroxyl groups is 1. The van der Waals surface area contributed by atoms with Gasteiger partial charge in [-0.3, -0.25) is 0 Å². The van der Waals surface area contributed by atoms with Crippen LogP contribution in [0.15, 0.2) is 18.2 Å². The molecule has 1 unspecified atom stereocenters. The molecule has 5 nitrogen and oxygen atoms in total. The molecule has 17 heavy (non-hydrogen) atoms. The van der Waals surface area contributed by atoms with Gasteiger partial charge in [0.25, 0.3) is 0 Å². The van der Waals surface area contributed by atoms with Gasteiger partial charge >= 0.3 is 5.97 Å². The van der Waals surface area contributed by atoms with Crippen molar-refractivity contribution in [3.05, 3.63) is 29.3 Å². The summed E-state index contributed by atoms with van der Waals surface area (Å²) in [4.78, 5) is 11.1. The van der Waals surface area contributed by atoms with E-state index in [4.69, 9.17) is 10.4 Å². The molecule has 0 bridgehead atoms. The lowest BCUT2D eigenvalue weighted by molar-refractivity contribution is -0.140. The van der Waals surface area contributed by atoms with Gasteiger partial charge in [-0.05, 0) is 25.1 Å². The molecule has 0 fully saturated rings. The second-order valence-corrected chi connectivity index (χ2v) is 4.00. The number of aliphatic carboxylic acids is 1. The van der Waals surface area contributed by atoms with Gasteiger partial charge in [-0.2, -0.15) is 5.26 Å². The Bertz CT molecular complexity index is 572. The molecule has 0 amide bonds. The van der Waals surface area contributed by atoms with Gasteiger partial charge in [0.15, 0.2) is 5.54 Å². The van der Waals surface area contributed by atoms with E-state index in [2.05, 4.69) is 5.32 Å². The largest absolute Gasteiger partial charge is 0.506 e. The lowest BCUT2D eigenvalue weighted by Gasteiger charge is -2.29. The maximum Gasteiger partial charge on any atom is 0.333 e. The summed E-state index contributed by atoms with van der Waals surface area (Å²) in [6, 6.07) is 4.85. The maximum absolute atomic E-state index is 11.1. The number of phenols is 1. The molecule has 1 atom stereocenters. The zero-order valence-electron chi connectivity index (χ0n) is 9.06. The number of hydrogen-bond donors (Lipinski definition) is 3. The van der Waals surface area contributed by atoms with E-state index in [0.717, 1.165) is 0 Å². The zero-order valence-corrected chi connectivity index (χ0v) is 9.06. The van der Waals surface area contributed by atoms with E-state index in [1.165, 1.54) is 31.2 Å². The van der Waals surface area contributed by atoms with E-state index in [0.29, 0.717) is 11.1 Å². The van der Waals surface area contributed by atoms with Gasteiger partial charge in [0, 0.05) is 5.56 Å². The number of anilines is 1. The second-order valence-electron chi connectivity index (χ2n) is 4.00. The molecule has 3 N–H and O–H groups in total. The smallest absolute Gasteiger partial charge is 0.333 e. The molecule has 2 rings (SSSR count). The number of benzene rings is 1. The van der Waals surface area contributed by atoms with Crippen LogP contribution in [0, 0.1) is 11.3 Å². The number of fused-ring (bicyclic) bond motifs is 1. The Kier molecular flexibility index (Phi) is 2.28. The molecule has 1 heterocycles. The van der Waals surface area contributed by atoms with E-state index in [9.17, 15) is 9.90 Å². The van der Waals surface area contributed by atoms with Crippen molar-refractivity contribution in [2.24, 2.45) is 0 Å². The first-order valence-corrected chi connectivity index (χ1v) is 4.95. The predicted octanol–water partition coefficient (Wildman–Crippen LogP) is 1.55. The standard InChI is InChI=1S/C12H10N2O3/c1-12(11(16)17)5-4-8-7(6-13)2-3-9(15)10(8)14-12/h2-5,14-15H,1H3,(H,16,17). The fourth-order valence-electron chi connectivity index (χ4n) is 1.69. The fraction of sp³-hybridized carbons (Fsp3) is 0.167. The quantitative estimate of drug-likeness (QED) is 0.636. The Hall–Kier alpha value is -2.48. The Morgan fingerprint density at radius 2 is 2.24 bits per heavy atom. The number of carboxylic acid groups (broad SMARTS) is 1.